The zero-order chi connectivity index (χ0) is 20.2. The number of carbonyl (C=O) groups excluding carboxylic acids is 2. The van der Waals surface area contributed by atoms with Crippen molar-refractivity contribution >= 4 is 28.8 Å². The second kappa shape index (κ2) is 19.2. The van der Waals surface area contributed by atoms with E-state index in [2.05, 4.69) is 26.3 Å². The van der Waals surface area contributed by atoms with Gasteiger partial charge in [0.2, 0.25) is 0 Å². The molecular weight excluding hydrogens is 356 g/mol. The van der Waals surface area contributed by atoms with Crippen LogP contribution in [0.1, 0.15) is 19.3 Å². The van der Waals surface area contributed by atoms with Gasteiger partial charge in [0.1, 0.15) is 6.61 Å². The van der Waals surface area contributed by atoms with Gasteiger partial charge in [0.25, 0.3) is 0 Å². The summed E-state index contributed by atoms with van der Waals surface area (Å²) >= 11 is 0.947. The van der Waals surface area contributed by atoms with E-state index in [0.717, 1.165) is 11.8 Å². The van der Waals surface area contributed by atoms with Gasteiger partial charge in [-0.15, -0.1) is 19.7 Å². The molecule has 0 saturated heterocycles. The zero-order valence-corrected chi connectivity index (χ0v) is 15.9. The Labute approximate surface area is 159 Å². The van der Waals surface area contributed by atoms with Crippen molar-refractivity contribution in [2.24, 2.45) is 5.92 Å². The topological polar surface area (TPSA) is 89.9 Å². The third kappa shape index (κ3) is 18.2. The van der Waals surface area contributed by atoms with E-state index in [1.54, 1.807) is 12.2 Å². The minimum Gasteiger partial charge on any atom is -0.481 e. The van der Waals surface area contributed by atoms with Crippen LogP contribution in [0.25, 0.3) is 0 Å². The lowest BCUT2D eigenvalue weighted by Gasteiger charge is -2.08. The SMILES string of the molecule is C=CCOC(=O)CCSC(=O)CC(CC=C)C(=O)O.C=CCOCC=C. The van der Waals surface area contributed by atoms with Gasteiger partial charge in [-0.3, -0.25) is 14.4 Å². The summed E-state index contributed by atoms with van der Waals surface area (Å²) in [6.07, 6.45) is 6.67. The van der Waals surface area contributed by atoms with E-state index in [4.69, 9.17) is 14.6 Å². The van der Waals surface area contributed by atoms with Gasteiger partial charge in [0.15, 0.2) is 5.12 Å². The van der Waals surface area contributed by atoms with E-state index in [-0.39, 0.29) is 36.7 Å². The highest BCUT2D eigenvalue weighted by Crippen LogP contribution is 2.16. The fourth-order valence-electron chi connectivity index (χ4n) is 1.44. The molecule has 26 heavy (non-hydrogen) atoms. The first-order valence-corrected chi connectivity index (χ1v) is 8.96. The average Bonchev–Trinajstić information content (AvgIpc) is 2.60. The minimum atomic E-state index is -1.01. The summed E-state index contributed by atoms with van der Waals surface area (Å²) in [4.78, 5) is 33.5. The maximum atomic E-state index is 11.5. The van der Waals surface area contributed by atoms with Crippen molar-refractivity contribution in [3.8, 4) is 0 Å². The molecule has 0 rings (SSSR count). The van der Waals surface area contributed by atoms with E-state index < -0.39 is 17.9 Å². The number of carboxylic acid groups (broad SMARTS) is 1. The van der Waals surface area contributed by atoms with Crippen LogP contribution in [-0.2, 0) is 23.9 Å². The molecule has 0 bridgehead atoms. The van der Waals surface area contributed by atoms with Crippen LogP contribution in [0, 0.1) is 5.92 Å². The van der Waals surface area contributed by atoms with Crippen molar-refractivity contribution in [1.82, 2.24) is 0 Å². The molecule has 0 aromatic carbocycles. The minimum absolute atomic E-state index is 0.0618. The molecule has 0 aliphatic heterocycles. The molecule has 0 saturated carbocycles. The van der Waals surface area contributed by atoms with Gasteiger partial charge in [-0.05, 0) is 6.42 Å². The summed E-state index contributed by atoms with van der Waals surface area (Å²) in [6.45, 7) is 15.2. The molecule has 6 nitrogen and oxygen atoms in total. The molecule has 0 spiro atoms. The van der Waals surface area contributed by atoms with Crippen molar-refractivity contribution in [3.05, 3.63) is 50.6 Å². The number of hydrogen-bond donors (Lipinski definition) is 1. The first-order chi connectivity index (χ1) is 12.4. The molecule has 146 valence electrons. The number of aliphatic carboxylic acids is 1. The third-order valence-electron chi connectivity index (χ3n) is 2.62. The second-order valence-corrected chi connectivity index (χ2v) is 5.97. The van der Waals surface area contributed by atoms with Crippen LogP contribution < -0.4 is 0 Å². The van der Waals surface area contributed by atoms with Crippen LogP contribution >= 0.6 is 11.8 Å². The summed E-state index contributed by atoms with van der Waals surface area (Å²) < 4.78 is 9.64. The van der Waals surface area contributed by atoms with Crippen molar-refractivity contribution in [2.45, 2.75) is 19.3 Å². The lowest BCUT2D eigenvalue weighted by atomic mass is 10.0. The zero-order valence-electron chi connectivity index (χ0n) is 15.1. The summed E-state index contributed by atoms with van der Waals surface area (Å²) in [5.74, 6) is -1.87. The maximum absolute atomic E-state index is 11.5. The van der Waals surface area contributed by atoms with Crippen molar-refractivity contribution in [2.75, 3.05) is 25.6 Å². The molecule has 0 aliphatic rings. The van der Waals surface area contributed by atoms with E-state index >= 15 is 0 Å². The van der Waals surface area contributed by atoms with Gasteiger partial charge < -0.3 is 14.6 Å². The smallest absolute Gasteiger partial charge is 0.307 e. The normalized spacial score (nSPS) is 10.5. The number of ether oxygens (including phenoxy) is 2. The van der Waals surface area contributed by atoms with Crippen LogP contribution in [0.4, 0.5) is 0 Å². The number of rotatable bonds is 14. The summed E-state index contributed by atoms with van der Waals surface area (Å²) in [5, 5.41) is 8.63. The number of carbonyl (C=O) groups is 3. The van der Waals surface area contributed by atoms with Gasteiger partial charge in [-0.1, -0.05) is 42.6 Å². The van der Waals surface area contributed by atoms with Crippen molar-refractivity contribution in [3.63, 3.8) is 0 Å². The van der Waals surface area contributed by atoms with Crippen LogP contribution in [0.2, 0.25) is 0 Å². The molecule has 0 aromatic rings. The second-order valence-electron chi connectivity index (χ2n) is 4.82. The Morgan fingerprint density at radius 1 is 0.962 bits per heavy atom. The quantitative estimate of drug-likeness (QED) is 0.279. The molecule has 0 radical (unpaired) electrons. The molecule has 0 fully saturated rings. The van der Waals surface area contributed by atoms with E-state index in [1.165, 1.54) is 12.2 Å². The lowest BCUT2D eigenvalue weighted by molar-refractivity contribution is -0.143. The Hall–Kier alpha value is -2.12. The molecule has 7 heteroatoms. The van der Waals surface area contributed by atoms with Gasteiger partial charge in [0.05, 0.1) is 25.6 Å². The largest absolute Gasteiger partial charge is 0.481 e. The Balaban J connectivity index is 0. The number of carboxylic acids is 1. The molecule has 0 aliphatic carbocycles. The highest BCUT2D eigenvalue weighted by Gasteiger charge is 2.20. The predicted octanol–water partition coefficient (Wildman–Crippen LogP) is 3.41. The van der Waals surface area contributed by atoms with E-state index in [9.17, 15) is 14.4 Å². The standard InChI is InChI=1S/C13H18O5S.C6H10O/c1-3-5-10(13(16)17)9-12(15)19-8-6-11(14)18-7-4-2;1-3-5-7-6-4-2/h3-4,10H,1-2,5-9H2,(H,16,17);3-4H,1-2,5-6H2. The van der Waals surface area contributed by atoms with Crippen LogP contribution in [-0.4, -0.2) is 47.7 Å². The molecular formula is C19H28O6S. The summed E-state index contributed by atoms with van der Waals surface area (Å²) in [5.41, 5.74) is 0. The lowest BCUT2D eigenvalue weighted by Crippen LogP contribution is -2.16. The Kier molecular flexibility index (Phi) is 19.3. The number of thioether (sulfide) groups is 1. The number of allylic oxidation sites excluding steroid dienone is 1. The van der Waals surface area contributed by atoms with Crippen LogP contribution in [0.3, 0.4) is 0 Å². The highest BCUT2D eigenvalue weighted by atomic mass is 32.2. The predicted molar refractivity (Wildman–Crippen MR) is 105 cm³/mol. The van der Waals surface area contributed by atoms with Gasteiger partial charge >= 0.3 is 11.9 Å². The average molecular weight is 384 g/mol. The number of hydrogen-bond acceptors (Lipinski definition) is 6. The van der Waals surface area contributed by atoms with E-state index in [0.29, 0.717) is 13.2 Å². The van der Waals surface area contributed by atoms with Gasteiger partial charge in [-0.25, -0.2) is 0 Å². The Morgan fingerprint density at radius 2 is 1.54 bits per heavy atom. The van der Waals surface area contributed by atoms with Gasteiger partial charge in [0, 0.05) is 12.2 Å². The first kappa shape index (κ1) is 26.1. The van der Waals surface area contributed by atoms with Crippen LogP contribution in [0.15, 0.2) is 50.6 Å². The molecule has 1 atom stereocenters. The van der Waals surface area contributed by atoms with Gasteiger partial charge in [-0.2, -0.15) is 0 Å². The molecule has 0 amide bonds. The Morgan fingerprint density at radius 3 is 2.00 bits per heavy atom. The third-order valence-corrected chi connectivity index (χ3v) is 3.51. The molecule has 0 heterocycles. The van der Waals surface area contributed by atoms with Crippen LogP contribution in [0.5, 0.6) is 0 Å². The fraction of sp³-hybridized carbons (Fsp3) is 0.421. The monoisotopic (exact) mass is 384 g/mol. The van der Waals surface area contributed by atoms with Crippen molar-refractivity contribution < 1.29 is 29.0 Å². The fourth-order valence-corrected chi connectivity index (χ4v) is 2.26. The maximum Gasteiger partial charge on any atom is 0.307 e. The highest BCUT2D eigenvalue weighted by molar-refractivity contribution is 8.13. The summed E-state index contributed by atoms with van der Waals surface area (Å²) in [6, 6.07) is 0. The molecule has 1 unspecified atom stereocenters. The Bertz CT molecular complexity index is 465. The first-order valence-electron chi connectivity index (χ1n) is 7.98. The van der Waals surface area contributed by atoms with E-state index in [1.807, 2.05) is 0 Å². The summed E-state index contributed by atoms with van der Waals surface area (Å²) in [7, 11) is 0. The van der Waals surface area contributed by atoms with Crippen molar-refractivity contribution in [1.29, 1.82) is 0 Å². The molecule has 1 N–H and O–H groups in total. The number of esters is 1. The molecule has 0 aromatic heterocycles.